The largest absolute Gasteiger partial charge is 0.304 e. The fraction of sp³-hybridized carbons (Fsp3) is 0.769. The fourth-order valence-electron chi connectivity index (χ4n) is 2.60. The summed E-state index contributed by atoms with van der Waals surface area (Å²) in [7, 11) is 2.01. The van der Waals surface area contributed by atoms with Gasteiger partial charge in [0.05, 0.1) is 11.4 Å². The summed E-state index contributed by atoms with van der Waals surface area (Å²) in [6.07, 6.45) is 6.00. The van der Waals surface area contributed by atoms with Gasteiger partial charge in [0.25, 0.3) is 0 Å². The third kappa shape index (κ3) is 2.83. The van der Waals surface area contributed by atoms with Crippen LogP contribution < -0.4 is 5.32 Å². The molecule has 0 bridgehead atoms. The lowest BCUT2D eigenvalue weighted by molar-refractivity contribution is 0.362. The van der Waals surface area contributed by atoms with Crippen molar-refractivity contribution in [2.24, 2.45) is 7.05 Å². The number of alkyl halides is 1. The summed E-state index contributed by atoms with van der Waals surface area (Å²) in [6, 6.07) is 2.18. The summed E-state index contributed by atoms with van der Waals surface area (Å²) < 4.78 is 1.97. The minimum absolute atomic E-state index is 0.165. The van der Waals surface area contributed by atoms with E-state index < -0.39 is 0 Å². The van der Waals surface area contributed by atoms with E-state index in [0.717, 1.165) is 18.7 Å². The number of aryl methyl sites for hydroxylation is 2. The summed E-state index contributed by atoms with van der Waals surface area (Å²) in [5.41, 5.74) is 2.58. The molecule has 0 spiro atoms. The second-order valence-corrected chi connectivity index (χ2v) is 5.35. The van der Waals surface area contributed by atoms with Gasteiger partial charge in [-0.1, -0.05) is 19.8 Å². The Morgan fingerprint density at radius 3 is 2.71 bits per heavy atom. The Morgan fingerprint density at radius 2 is 2.18 bits per heavy atom. The van der Waals surface area contributed by atoms with Crippen molar-refractivity contribution in [3.8, 4) is 0 Å². The van der Waals surface area contributed by atoms with Gasteiger partial charge < -0.3 is 5.32 Å². The molecule has 1 fully saturated rings. The molecule has 1 N–H and O–H groups in total. The topological polar surface area (TPSA) is 29.9 Å². The highest BCUT2D eigenvalue weighted by molar-refractivity contribution is 6.18. The zero-order valence-electron chi connectivity index (χ0n) is 10.8. The van der Waals surface area contributed by atoms with Gasteiger partial charge in [0.1, 0.15) is 0 Å². The van der Waals surface area contributed by atoms with Crippen LogP contribution in [-0.4, -0.2) is 21.2 Å². The summed E-state index contributed by atoms with van der Waals surface area (Å²) in [6.45, 7) is 3.01. The Bertz CT molecular complexity index is 367. The average Bonchev–Trinajstić information content (AvgIpc) is 2.94. The Balaban J connectivity index is 1.98. The van der Waals surface area contributed by atoms with Crippen molar-refractivity contribution in [1.29, 1.82) is 0 Å². The molecule has 0 atom stereocenters. The maximum absolute atomic E-state index is 6.12. The van der Waals surface area contributed by atoms with Crippen LogP contribution in [0.5, 0.6) is 0 Å². The van der Waals surface area contributed by atoms with E-state index in [9.17, 15) is 0 Å². The molecule has 96 valence electrons. The third-order valence-corrected chi connectivity index (χ3v) is 4.36. The molecule has 1 aliphatic rings. The lowest BCUT2D eigenvalue weighted by Crippen LogP contribution is -2.44. The maximum atomic E-state index is 6.12. The van der Waals surface area contributed by atoms with Gasteiger partial charge in [-0.15, -0.1) is 11.6 Å². The van der Waals surface area contributed by atoms with Crippen molar-refractivity contribution in [3.05, 3.63) is 17.5 Å². The SMILES string of the molecule is CCc1cc(CNC2(CCl)CCCC2)n(C)n1. The Labute approximate surface area is 109 Å². The van der Waals surface area contributed by atoms with E-state index in [0.29, 0.717) is 5.88 Å². The molecule has 0 saturated heterocycles. The average molecular weight is 256 g/mol. The molecule has 4 heteroatoms. The van der Waals surface area contributed by atoms with Crippen LogP contribution in [0.2, 0.25) is 0 Å². The van der Waals surface area contributed by atoms with Crippen LogP contribution in [-0.2, 0) is 20.0 Å². The first kappa shape index (κ1) is 12.9. The molecule has 1 heterocycles. The Morgan fingerprint density at radius 1 is 1.47 bits per heavy atom. The molecular formula is C13H22ClN3. The van der Waals surface area contributed by atoms with E-state index in [1.54, 1.807) is 0 Å². The number of hydrogen-bond donors (Lipinski definition) is 1. The standard InChI is InChI=1S/C13H22ClN3/c1-3-11-8-12(17(2)16-11)9-15-13(10-14)6-4-5-7-13/h8,15H,3-7,9-10H2,1-2H3. The first-order valence-corrected chi connectivity index (χ1v) is 7.05. The van der Waals surface area contributed by atoms with Crippen molar-refractivity contribution in [1.82, 2.24) is 15.1 Å². The first-order chi connectivity index (χ1) is 8.19. The molecule has 1 aromatic rings. The molecule has 2 rings (SSSR count). The van der Waals surface area contributed by atoms with Crippen LogP contribution in [0, 0.1) is 0 Å². The smallest absolute Gasteiger partial charge is 0.0625 e. The zero-order chi connectivity index (χ0) is 12.3. The molecule has 1 aliphatic carbocycles. The summed E-state index contributed by atoms with van der Waals surface area (Å²) >= 11 is 6.12. The number of nitrogens with zero attached hydrogens (tertiary/aromatic N) is 2. The van der Waals surface area contributed by atoms with Gasteiger partial charge in [0, 0.05) is 25.0 Å². The van der Waals surface area contributed by atoms with Gasteiger partial charge in [-0.25, -0.2) is 0 Å². The van der Waals surface area contributed by atoms with Crippen molar-refractivity contribution >= 4 is 11.6 Å². The fourth-order valence-corrected chi connectivity index (χ4v) is 2.96. The molecular weight excluding hydrogens is 234 g/mol. The van der Waals surface area contributed by atoms with Crippen LogP contribution in [0.3, 0.4) is 0 Å². The second kappa shape index (κ2) is 5.40. The minimum atomic E-state index is 0.165. The normalized spacial score (nSPS) is 18.8. The van der Waals surface area contributed by atoms with Crippen LogP contribution in [0.1, 0.15) is 44.0 Å². The van der Waals surface area contributed by atoms with Gasteiger partial charge in [0.2, 0.25) is 0 Å². The molecule has 0 radical (unpaired) electrons. The van der Waals surface area contributed by atoms with Gasteiger partial charge in [-0.3, -0.25) is 4.68 Å². The number of halogens is 1. The van der Waals surface area contributed by atoms with Gasteiger partial charge in [-0.05, 0) is 25.3 Å². The van der Waals surface area contributed by atoms with Crippen LogP contribution in [0.4, 0.5) is 0 Å². The molecule has 17 heavy (non-hydrogen) atoms. The Hall–Kier alpha value is -0.540. The van der Waals surface area contributed by atoms with Gasteiger partial charge in [-0.2, -0.15) is 5.10 Å². The van der Waals surface area contributed by atoms with Crippen LogP contribution in [0.25, 0.3) is 0 Å². The highest BCUT2D eigenvalue weighted by Gasteiger charge is 2.32. The second-order valence-electron chi connectivity index (χ2n) is 5.08. The first-order valence-electron chi connectivity index (χ1n) is 6.52. The van der Waals surface area contributed by atoms with Crippen molar-refractivity contribution < 1.29 is 0 Å². The van der Waals surface area contributed by atoms with Crippen molar-refractivity contribution in [2.75, 3.05) is 5.88 Å². The molecule has 3 nitrogen and oxygen atoms in total. The lowest BCUT2D eigenvalue weighted by atomic mass is 10.0. The summed E-state index contributed by atoms with van der Waals surface area (Å²) in [4.78, 5) is 0. The molecule has 0 aromatic carbocycles. The number of nitrogens with one attached hydrogen (secondary N) is 1. The number of rotatable bonds is 5. The lowest BCUT2D eigenvalue weighted by Gasteiger charge is -2.27. The Kier molecular flexibility index (Phi) is 4.10. The molecule has 1 aromatic heterocycles. The van der Waals surface area contributed by atoms with E-state index in [-0.39, 0.29) is 5.54 Å². The predicted molar refractivity (Wildman–Crippen MR) is 71.3 cm³/mol. The zero-order valence-corrected chi connectivity index (χ0v) is 11.6. The predicted octanol–water partition coefficient (Wildman–Crippen LogP) is 2.62. The van der Waals surface area contributed by atoms with E-state index in [1.807, 2.05) is 11.7 Å². The summed E-state index contributed by atoms with van der Waals surface area (Å²) in [5.74, 6) is 0.714. The van der Waals surface area contributed by atoms with Gasteiger partial charge in [0.15, 0.2) is 0 Å². The van der Waals surface area contributed by atoms with E-state index in [2.05, 4.69) is 23.4 Å². The quantitative estimate of drug-likeness (QED) is 0.820. The van der Waals surface area contributed by atoms with E-state index in [4.69, 9.17) is 11.6 Å². The van der Waals surface area contributed by atoms with E-state index in [1.165, 1.54) is 31.4 Å². The molecule has 0 unspecified atom stereocenters. The van der Waals surface area contributed by atoms with Crippen LogP contribution >= 0.6 is 11.6 Å². The number of hydrogen-bond acceptors (Lipinski definition) is 2. The highest BCUT2D eigenvalue weighted by Crippen LogP contribution is 2.31. The molecule has 0 amide bonds. The third-order valence-electron chi connectivity index (χ3n) is 3.85. The maximum Gasteiger partial charge on any atom is 0.0625 e. The van der Waals surface area contributed by atoms with Crippen molar-refractivity contribution in [3.63, 3.8) is 0 Å². The van der Waals surface area contributed by atoms with Crippen molar-refractivity contribution in [2.45, 2.75) is 51.1 Å². The van der Waals surface area contributed by atoms with Gasteiger partial charge >= 0.3 is 0 Å². The molecule has 1 saturated carbocycles. The monoisotopic (exact) mass is 255 g/mol. The van der Waals surface area contributed by atoms with Crippen LogP contribution in [0.15, 0.2) is 6.07 Å². The number of aromatic nitrogens is 2. The van der Waals surface area contributed by atoms with E-state index >= 15 is 0 Å². The minimum Gasteiger partial charge on any atom is -0.304 e. The summed E-state index contributed by atoms with van der Waals surface area (Å²) in [5, 5.41) is 8.11. The molecule has 0 aliphatic heterocycles. The highest BCUT2D eigenvalue weighted by atomic mass is 35.5.